The number of hydrogen-bond acceptors (Lipinski definition) is 4. The molecule has 1 saturated carbocycles. The maximum atomic E-state index is 10.9. The van der Waals surface area contributed by atoms with Crippen LogP contribution in [-0.4, -0.2) is 34.1 Å². The number of aryl methyl sites for hydroxylation is 1. The number of rotatable bonds is 6. The van der Waals surface area contributed by atoms with Crippen molar-refractivity contribution in [2.75, 3.05) is 18.0 Å². The van der Waals surface area contributed by atoms with Crippen LogP contribution in [0, 0.1) is 6.92 Å². The minimum Gasteiger partial charge on any atom is -0.480 e. The smallest absolute Gasteiger partial charge is 0.323 e. The molecule has 0 spiro atoms. The number of nitrogens with zero attached hydrogens (tertiary/aromatic N) is 3. The fourth-order valence-corrected chi connectivity index (χ4v) is 1.97. The Hall–Kier alpha value is -1.65. The fraction of sp³-hybridized carbons (Fsp3) is 0.615. The summed E-state index contributed by atoms with van der Waals surface area (Å²) in [5.74, 6) is 1.27. The molecule has 1 N–H and O–H groups in total. The van der Waals surface area contributed by atoms with Gasteiger partial charge in [0.2, 0.25) is 0 Å². The Morgan fingerprint density at radius 3 is 2.78 bits per heavy atom. The van der Waals surface area contributed by atoms with Crippen molar-refractivity contribution in [1.29, 1.82) is 0 Å². The van der Waals surface area contributed by atoms with Crippen LogP contribution in [0.4, 0.5) is 5.82 Å². The molecule has 1 heterocycles. The first-order valence-electron chi connectivity index (χ1n) is 6.42. The van der Waals surface area contributed by atoms with E-state index in [2.05, 4.69) is 9.97 Å². The maximum absolute atomic E-state index is 10.9. The second kappa shape index (κ2) is 5.33. The highest BCUT2D eigenvalue weighted by Crippen LogP contribution is 2.38. The summed E-state index contributed by atoms with van der Waals surface area (Å²) >= 11 is 0. The van der Waals surface area contributed by atoms with Gasteiger partial charge < -0.3 is 10.0 Å². The zero-order valence-corrected chi connectivity index (χ0v) is 10.9. The van der Waals surface area contributed by atoms with Crippen LogP contribution in [0.25, 0.3) is 0 Å². The topological polar surface area (TPSA) is 66.3 Å². The SMILES string of the molecule is CCCN(CC(=O)O)c1cc(C)nc(C2CC2)n1. The van der Waals surface area contributed by atoms with Crippen molar-refractivity contribution in [2.24, 2.45) is 0 Å². The van der Waals surface area contributed by atoms with E-state index in [0.717, 1.165) is 36.6 Å². The molecule has 1 fully saturated rings. The van der Waals surface area contributed by atoms with Crippen LogP contribution in [0.1, 0.15) is 43.6 Å². The third-order valence-corrected chi connectivity index (χ3v) is 2.94. The Morgan fingerprint density at radius 2 is 2.22 bits per heavy atom. The highest BCUT2D eigenvalue weighted by atomic mass is 16.4. The first-order chi connectivity index (χ1) is 8.60. The average Bonchev–Trinajstić information content (AvgIpc) is 3.10. The summed E-state index contributed by atoms with van der Waals surface area (Å²) in [6.45, 7) is 4.66. The normalized spacial score (nSPS) is 14.6. The van der Waals surface area contributed by atoms with Gasteiger partial charge in [0.1, 0.15) is 18.2 Å². The zero-order valence-electron chi connectivity index (χ0n) is 10.9. The van der Waals surface area contributed by atoms with Crippen LogP contribution < -0.4 is 4.90 Å². The van der Waals surface area contributed by atoms with Crippen molar-refractivity contribution in [2.45, 2.75) is 39.0 Å². The number of carbonyl (C=O) groups is 1. The summed E-state index contributed by atoms with van der Waals surface area (Å²) in [7, 11) is 0. The third kappa shape index (κ3) is 3.18. The molecular weight excluding hydrogens is 230 g/mol. The molecule has 18 heavy (non-hydrogen) atoms. The predicted molar refractivity (Wildman–Crippen MR) is 68.9 cm³/mol. The van der Waals surface area contributed by atoms with Crippen molar-refractivity contribution in [3.05, 3.63) is 17.6 Å². The van der Waals surface area contributed by atoms with E-state index in [1.54, 1.807) is 0 Å². The van der Waals surface area contributed by atoms with Gasteiger partial charge in [-0.1, -0.05) is 6.92 Å². The van der Waals surface area contributed by atoms with Crippen LogP contribution in [0.3, 0.4) is 0 Å². The molecule has 0 atom stereocenters. The second-order valence-electron chi connectivity index (χ2n) is 4.82. The van der Waals surface area contributed by atoms with E-state index in [1.165, 1.54) is 0 Å². The van der Waals surface area contributed by atoms with Gasteiger partial charge in [-0.15, -0.1) is 0 Å². The quantitative estimate of drug-likeness (QED) is 0.834. The molecule has 0 saturated heterocycles. The largest absolute Gasteiger partial charge is 0.480 e. The first-order valence-corrected chi connectivity index (χ1v) is 6.42. The van der Waals surface area contributed by atoms with Crippen molar-refractivity contribution in [3.63, 3.8) is 0 Å². The molecule has 0 amide bonds. The number of aliphatic carboxylic acids is 1. The van der Waals surface area contributed by atoms with Crippen LogP contribution in [0.15, 0.2) is 6.07 Å². The highest BCUT2D eigenvalue weighted by Gasteiger charge is 2.27. The molecule has 2 rings (SSSR count). The van der Waals surface area contributed by atoms with E-state index >= 15 is 0 Å². The monoisotopic (exact) mass is 249 g/mol. The lowest BCUT2D eigenvalue weighted by atomic mass is 10.3. The Balaban J connectivity index is 2.24. The standard InChI is InChI=1S/C13H19N3O2/c1-3-6-16(8-12(17)18)11-7-9(2)14-13(15-11)10-4-5-10/h7,10H,3-6,8H2,1-2H3,(H,17,18). The first kappa shape index (κ1) is 12.8. The van der Waals surface area contributed by atoms with Gasteiger partial charge in [0.05, 0.1) is 0 Å². The Kier molecular flexibility index (Phi) is 3.79. The number of aromatic nitrogens is 2. The number of carboxylic acids is 1. The maximum Gasteiger partial charge on any atom is 0.323 e. The molecule has 98 valence electrons. The summed E-state index contributed by atoms with van der Waals surface area (Å²) in [6, 6.07) is 1.87. The van der Waals surface area contributed by atoms with Crippen LogP contribution >= 0.6 is 0 Å². The molecule has 1 aliphatic carbocycles. The van der Waals surface area contributed by atoms with Gasteiger partial charge in [0, 0.05) is 24.2 Å². The zero-order chi connectivity index (χ0) is 13.1. The molecular formula is C13H19N3O2. The summed E-state index contributed by atoms with van der Waals surface area (Å²) in [4.78, 5) is 21.6. The van der Waals surface area contributed by atoms with Crippen molar-refractivity contribution in [1.82, 2.24) is 9.97 Å². The lowest BCUT2D eigenvalue weighted by Gasteiger charge is -2.21. The molecule has 5 nitrogen and oxygen atoms in total. The molecule has 1 aromatic rings. The molecule has 5 heteroatoms. The summed E-state index contributed by atoms with van der Waals surface area (Å²) in [6.07, 6.45) is 3.19. The van der Waals surface area contributed by atoms with E-state index in [9.17, 15) is 4.79 Å². The van der Waals surface area contributed by atoms with E-state index in [1.807, 2.05) is 24.8 Å². The summed E-state index contributed by atoms with van der Waals surface area (Å²) in [5.41, 5.74) is 0.911. The van der Waals surface area contributed by atoms with Gasteiger partial charge in [0.15, 0.2) is 0 Å². The minimum atomic E-state index is -0.826. The molecule has 0 aromatic carbocycles. The van der Waals surface area contributed by atoms with Gasteiger partial charge in [-0.05, 0) is 26.2 Å². The van der Waals surface area contributed by atoms with Crippen molar-refractivity contribution in [3.8, 4) is 0 Å². The third-order valence-electron chi connectivity index (χ3n) is 2.94. The van der Waals surface area contributed by atoms with Gasteiger partial charge >= 0.3 is 5.97 Å². The molecule has 1 aromatic heterocycles. The van der Waals surface area contributed by atoms with E-state index in [-0.39, 0.29) is 6.54 Å². The van der Waals surface area contributed by atoms with E-state index < -0.39 is 5.97 Å². The van der Waals surface area contributed by atoms with Gasteiger partial charge in [0.25, 0.3) is 0 Å². The fourth-order valence-electron chi connectivity index (χ4n) is 1.97. The van der Waals surface area contributed by atoms with Gasteiger partial charge in [-0.25, -0.2) is 9.97 Å². The van der Waals surface area contributed by atoms with E-state index in [0.29, 0.717) is 12.5 Å². The van der Waals surface area contributed by atoms with Crippen LogP contribution in [0.5, 0.6) is 0 Å². The average molecular weight is 249 g/mol. The van der Waals surface area contributed by atoms with Crippen LogP contribution in [-0.2, 0) is 4.79 Å². The molecule has 0 bridgehead atoms. The Morgan fingerprint density at radius 1 is 1.50 bits per heavy atom. The molecule has 0 radical (unpaired) electrons. The number of carboxylic acid groups (broad SMARTS) is 1. The predicted octanol–water partition coefficient (Wildman–Crippen LogP) is 1.96. The lowest BCUT2D eigenvalue weighted by molar-refractivity contribution is -0.135. The van der Waals surface area contributed by atoms with Gasteiger partial charge in [-0.3, -0.25) is 4.79 Å². The summed E-state index contributed by atoms with van der Waals surface area (Å²) in [5, 5.41) is 8.95. The molecule has 0 unspecified atom stereocenters. The van der Waals surface area contributed by atoms with E-state index in [4.69, 9.17) is 5.11 Å². The van der Waals surface area contributed by atoms with Crippen molar-refractivity contribution < 1.29 is 9.90 Å². The summed E-state index contributed by atoms with van der Waals surface area (Å²) < 4.78 is 0. The number of anilines is 1. The lowest BCUT2D eigenvalue weighted by Crippen LogP contribution is -2.31. The minimum absolute atomic E-state index is 0.00556. The second-order valence-corrected chi connectivity index (χ2v) is 4.82. The van der Waals surface area contributed by atoms with Crippen LogP contribution in [0.2, 0.25) is 0 Å². The highest BCUT2D eigenvalue weighted by molar-refractivity contribution is 5.73. The molecule has 1 aliphatic rings. The van der Waals surface area contributed by atoms with Crippen molar-refractivity contribution >= 4 is 11.8 Å². The Labute approximate surface area is 107 Å². The number of hydrogen-bond donors (Lipinski definition) is 1. The Bertz CT molecular complexity index is 444. The molecule has 0 aliphatic heterocycles. The van der Waals surface area contributed by atoms with Gasteiger partial charge in [-0.2, -0.15) is 0 Å².